The van der Waals surface area contributed by atoms with Gasteiger partial charge in [0.2, 0.25) is 5.91 Å². The summed E-state index contributed by atoms with van der Waals surface area (Å²) < 4.78 is 5.49. The van der Waals surface area contributed by atoms with Crippen LogP contribution >= 0.6 is 23.8 Å². The molecule has 1 amide bonds. The monoisotopic (exact) mass is 412 g/mol. The smallest absolute Gasteiger partial charge is 0.250 e. The summed E-state index contributed by atoms with van der Waals surface area (Å²) in [7, 11) is 0. The van der Waals surface area contributed by atoms with Crippen molar-refractivity contribution in [3.8, 4) is 11.3 Å². The van der Waals surface area contributed by atoms with E-state index < -0.39 is 0 Å². The molecule has 0 radical (unpaired) electrons. The van der Waals surface area contributed by atoms with Crippen LogP contribution in [0.1, 0.15) is 11.3 Å². The fourth-order valence-corrected chi connectivity index (χ4v) is 2.94. The molecule has 0 bridgehead atoms. The highest BCUT2D eigenvalue weighted by Crippen LogP contribution is 2.31. The van der Waals surface area contributed by atoms with Gasteiger partial charge in [-0.05, 0) is 54.2 Å². The zero-order valence-corrected chi connectivity index (χ0v) is 16.3. The van der Waals surface area contributed by atoms with Crippen molar-refractivity contribution < 1.29 is 14.3 Å². The molecule has 5 nitrogen and oxygen atoms in total. The summed E-state index contributed by atoms with van der Waals surface area (Å²) in [6.07, 6.45) is 3.11. The third-order valence-electron chi connectivity index (χ3n) is 3.77. The van der Waals surface area contributed by atoms with Gasteiger partial charge in [-0.1, -0.05) is 41.9 Å². The van der Waals surface area contributed by atoms with Gasteiger partial charge >= 0.3 is 0 Å². The number of aliphatic hydroxyl groups excluding tert-OH is 1. The highest BCUT2D eigenvalue weighted by atomic mass is 35.5. The maximum atomic E-state index is 12.0. The zero-order chi connectivity index (χ0) is 19.9. The molecule has 0 saturated heterocycles. The number of hydrogen-bond donors (Lipinski definition) is 3. The van der Waals surface area contributed by atoms with Crippen molar-refractivity contribution in [1.82, 2.24) is 5.32 Å². The Labute approximate surface area is 172 Å². The van der Waals surface area contributed by atoms with Crippen molar-refractivity contribution in [1.29, 1.82) is 0 Å². The van der Waals surface area contributed by atoms with E-state index in [9.17, 15) is 4.79 Å². The number of aliphatic hydroxyl groups is 1. The molecular formula is C21H17ClN2O3S. The van der Waals surface area contributed by atoms with E-state index in [-0.39, 0.29) is 17.6 Å². The van der Waals surface area contributed by atoms with Gasteiger partial charge in [-0.15, -0.1) is 0 Å². The molecule has 3 aromatic rings. The lowest BCUT2D eigenvalue weighted by atomic mass is 10.1. The molecule has 28 heavy (non-hydrogen) atoms. The number of furan rings is 1. The maximum Gasteiger partial charge on any atom is 0.250 e. The summed E-state index contributed by atoms with van der Waals surface area (Å²) in [5.41, 5.74) is 2.23. The first-order chi connectivity index (χ1) is 13.5. The van der Waals surface area contributed by atoms with E-state index in [4.69, 9.17) is 33.3 Å². The van der Waals surface area contributed by atoms with Gasteiger partial charge in [0.1, 0.15) is 18.1 Å². The summed E-state index contributed by atoms with van der Waals surface area (Å²) in [5.74, 6) is 0.680. The van der Waals surface area contributed by atoms with Crippen molar-refractivity contribution in [3.05, 3.63) is 83.1 Å². The van der Waals surface area contributed by atoms with Gasteiger partial charge in [-0.2, -0.15) is 0 Å². The van der Waals surface area contributed by atoms with Gasteiger partial charge in [0.05, 0.1) is 5.02 Å². The Hall–Kier alpha value is -2.93. The third-order valence-corrected chi connectivity index (χ3v) is 4.29. The second-order valence-corrected chi connectivity index (χ2v) is 6.62. The van der Waals surface area contributed by atoms with Crippen molar-refractivity contribution in [3.63, 3.8) is 0 Å². The molecular weight excluding hydrogens is 396 g/mol. The lowest BCUT2D eigenvalue weighted by Gasteiger charge is -2.10. The van der Waals surface area contributed by atoms with E-state index in [1.54, 1.807) is 36.4 Å². The number of carbonyl (C=O) groups is 1. The molecule has 1 heterocycles. The Morgan fingerprint density at radius 3 is 2.61 bits per heavy atom. The molecule has 2 aromatic carbocycles. The van der Waals surface area contributed by atoms with Crippen LogP contribution < -0.4 is 10.6 Å². The minimum absolute atomic E-state index is 0.159. The lowest BCUT2D eigenvalue weighted by Crippen LogP contribution is -2.32. The summed E-state index contributed by atoms with van der Waals surface area (Å²) in [4.78, 5) is 12.0. The van der Waals surface area contributed by atoms with Crippen LogP contribution in [0.25, 0.3) is 17.4 Å². The minimum atomic E-state index is -0.337. The molecule has 0 aliphatic carbocycles. The first-order valence-electron chi connectivity index (χ1n) is 8.40. The molecule has 1 aromatic heterocycles. The van der Waals surface area contributed by atoms with Crippen molar-refractivity contribution in [2.75, 3.05) is 5.32 Å². The standard InChI is InChI=1S/C21H17ClN2O3S/c22-18-12-15(7-9-17(18)19-10-8-16(13-25)27-19)23-21(28)24-20(26)11-6-14-4-2-1-3-5-14/h1-12,25H,13H2,(H2,23,24,26,28)/b11-6+. The third kappa shape index (κ3) is 5.29. The van der Waals surface area contributed by atoms with Crippen LogP contribution in [-0.4, -0.2) is 16.1 Å². The molecule has 7 heteroatoms. The Bertz CT molecular complexity index is 1020. The largest absolute Gasteiger partial charge is 0.459 e. The molecule has 0 aliphatic heterocycles. The van der Waals surface area contributed by atoms with Crippen molar-refractivity contribution in [2.45, 2.75) is 6.61 Å². The fraction of sp³-hybridized carbons (Fsp3) is 0.0476. The van der Waals surface area contributed by atoms with Crippen LogP contribution in [0.4, 0.5) is 5.69 Å². The van der Waals surface area contributed by atoms with Crippen LogP contribution in [0.2, 0.25) is 5.02 Å². The van der Waals surface area contributed by atoms with E-state index in [1.807, 2.05) is 30.3 Å². The second kappa shape index (κ2) is 9.32. The molecule has 0 atom stereocenters. The normalized spacial score (nSPS) is 10.8. The van der Waals surface area contributed by atoms with Crippen LogP contribution in [0.3, 0.4) is 0 Å². The average Bonchev–Trinajstić information content (AvgIpc) is 3.16. The highest BCUT2D eigenvalue weighted by Gasteiger charge is 2.10. The van der Waals surface area contributed by atoms with Gasteiger partial charge in [-0.25, -0.2) is 0 Å². The molecule has 0 fully saturated rings. The molecule has 3 N–H and O–H groups in total. The summed E-state index contributed by atoms with van der Waals surface area (Å²) in [6, 6.07) is 18.1. The SMILES string of the molecule is O=C(/C=C/c1ccccc1)NC(=S)Nc1ccc(-c2ccc(CO)o2)c(Cl)c1. The Morgan fingerprint density at radius 1 is 1.14 bits per heavy atom. The first kappa shape index (κ1) is 19.8. The maximum absolute atomic E-state index is 12.0. The Balaban J connectivity index is 1.60. The predicted molar refractivity (Wildman–Crippen MR) is 115 cm³/mol. The van der Waals surface area contributed by atoms with Gasteiger partial charge in [-0.3, -0.25) is 10.1 Å². The highest BCUT2D eigenvalue weighted by molar-refractivity contribution is 7.80. The summed E-state index contributed by atoms with van der Waals surface area (Å²) >= 11 is 11.5. The molecule has 142 valence electrons. The number of thiocarbonyl (C=S) groups is 1. The topological polar surface area (TPSA) is 74.5 Å². The zero-order valence-electron chi connectivity index (χ0n) is 14.7. The van der Waals surface area contributed by atoms with Crippen LogP contribution in [0.15, 0.2) is 71.2 Å². The van der Waals surface area contributed by atoms with Gasteiger partial charge in [0, 0.05) is 17.3 Å². The number of nitrogens with one attached hydrogen (secondary N) is 2. The number of carbonyl (C=O) groups excluding carboxylic acids is 1. The quantitative estimate of drug-likeness (QED) is 0.421. The second-order valence-electron chi connectivity index (χ2n) is 5.81. The fourth-order valence-electron chi connectivity index (χ4n) is 2.45. The number of anilines is 1. The lowest BCUT2D eigenvalue weighted by molar-refractivity contribution is -0.115. The Kier molecular flexibility index (Phi) is 6.60. The number of benzene rings is 2. The Morgan fingerprint density at radius 2 is 1.93 bits per heavy atom. The summed E-state index contributed by atoms with van der Waals surface area (Å²) in [6.45, 7) is -0.177. The molecule has 0 aliphatic rings. The van der Waals surface area contributed by atoms with Crippen LogP contribution in [0.5, 0.6) is 0 Å². The first-order valence-corrected chi connectivity index (χ1v) is 9.18. The van der Waals surface area contributed by atoms with Crippen LogP contribution in [0, 0.1) is 0 Å². The van der Waals surface area contributed by atoms with Crippen molar-refractivity contribution >= 4 is 46.6 Å². The van der Waals surface area contributed by atoms with E-state index in [0.717, 1.165) is 5.56 Å². The minimum Gasteiger partial charge on any atom is -0.459 e. The number of halogens is 1. The van der Waals surface area contributed by atoms with Gasteiger partial charge in [0.15, 0.2) is 5.11 Å². The number of rotatable bonds is 5. The van der Waals surface area contributed by atoms with Crippen molar-refractivity contribution in [2.24, 2.45) is 0 Å². The number of hydrogen-bond acceptors (Lipinski definition) is 4. The van der Waals surface area contributed by atoms with Crippen LogP contribution in [-0.2, 0) is 11.4 Å². The summed E-state index contributed by atoms with van der Waals surface area (Å²) in [5, 5.41) is 15.2. The van der Waals surface area contributed by atoms with E-state index in [1.165, 1.54) is 6.08 Å². The van der Waals surface area contributed by atoms with E-state index in [0.29, 0.717) is 27.8 Å². The molecule has 0 unspecified atom stereocenters. The predicted octanol–water partition coefficient (Wildman–Crippen LogP) is 4.62. The number of amides is 1. The molecule has 3 rings (SSSR count). The van der Waals surface area contributed by atoms with E-state index >= 15 is 0 Å². The van der Waals surface area contributed by atoms with Gasteiger partial charge in [0.25, 0.3) is 0 Å². The average molecular weight is 413 g/mol. The molecule has 0 saturated carbocycles. The molecule has 0 spiro atoms. The van der Waals surface area contributed by atoms with E-state index in [2.05, 4.69) is 10.6 Å². The van der Waals surface area contributed by atoms with Gasteiger partial charge < -0.3 is 14.8 Å².